The van der Waals surface area contributed by atoms with Gasteiger partial charge in [-0.15, -0.1) is 0 Å². The molecule has 2 N–H and O–H groups in total. The zero-order valence-corrected chi connectivity index (χ0v) is 12.7. The maximum absolute atomic E-state index is 6.16. The third kappa shape index (κ3) is 4.05. The van der Waals surface area contributed by atoms with Crippen molar-refractivity contribution in [1.82, 2.24) is 0 Å². The van der Waals surface area contributed by atoms with E-state index in [0.717, 1.165) is 15.6 Å². The summed E-state index contributed by atoms with van der Waals surface area (Å²) >= 11 is 9.60. The van der Waals surface area contributed by atoms with Crippen molar-refractivity contribution in [3.63, 3.8) is 0 Å². The Labute approximate surface area is 126 Å². The molecule has 0 aromatic heterocycles. The summed E-state index contributed by atoms with van der Waals surface area (Å²) in [5.74, 6) is 0. The molecule has 0 spiro atoms. The predicted octanol–water partition coefficient (Wildman–Crippen LogP) is 4.32. The van der Waals surface area contributed by atoms with Crippen molar-refractivity contribution in [2.75, 3.05) is 6.54 Å². The van der Waals surface area contributed by atoms with Crippen molar-refractivity contribution in [3.8, 4) is 0 Å². The van der Waals surface area contributed by atoms with Crippen LogP contribution in [0, 0.1) is 0 Å². The highest BCUT2D eigenvalue weighted by molar-refractivity contribution is 9.10. The molecule has 0 aliphatic heterocycles. The molecule has 0 aliphatic rings. The van der Waals surface area contributed by atoms with Crippen LogP contribution in [-0.2, 0) is 11.3 Å². The second kappa shape index (κ2) is 7.06. The average molecular weight is 341 g/mol. The summed E-state index contributed by atoms with van der Waals surface area (Å²) in [5.41, 5.74) is 7.80. The Hall–Kier alpha value is -0.870. The maximum Gasteiger partial charge on any atom is 0.0965 e. The van der Waals surface area contributed by atoms with E-state index in [1.165, 1.54) is 0 Å². The summed E-state index contributed by atoms with van der Waals surface area (Å²) in [6.07, 6.45) is -0.187. The zero-order valence-electron chi connectivity index (χ0n) is 10.4. The Kier molecular flexibility index (Phi) is 5.40. The first-order valence-corrected chi connectivity index (χ1v) is 7.18. The Morgan fingerprint density at radius 1 is 1.16 bits per heavy atom. The highest BCUT2D eigenvalue weighted by Gasteiger charge is 2.13. The average Bonchev–Trinajstić information content (AvgIpc) is 2.41. The normalized spacial score (nSPS) is 12.4. The molecule has 0 aliphatic carbocycles. The second-order valence-corrected chi connectivity index (χ2v) is 5.51. The molecule has 2 rings (SSSR count). The number of ether oxygens (including phenoxy) is 1. The van der Waals surface area contributed by atoms with Gasteiger partial charge in [0.1, 0.15) is 0 Å². The van der Waals surface area contributed by atoms with Gasteiger partial charge in [-0.25, -0.2) is 0 Å². The van der Waals surface area contributed by atoms with Crippen LogP contribution in [0.2, 0.25) is 5.02 Å². The number of hydrogen-bond donors (Lipinski definition) is 1. The molecule has 4 heteroatoms. The number of hydrogen-bond acceptors (Lipinski definition) is 2. The van der Waals surface area contributed by atoms with Gasteiger partial charge in [0.2, 0.25) is 0 Å². The minimum Gasteiger partial charge on any atom is -0.367 e. The van der Waals surface area contributed by atoms with Gasteiger partial charge in [0.15, 0.2) is 0 Å². The van der Waals surface area contributed by atoms with E-state index in [1.807, 2.05) is 48.5 Å². The molecule has 0 heterocycles. The highest BCUT2D eigenvalue weighted by atomic mass is 79.9. The van der Waals surface area contributed by atoms with Gasteiger partial charge >= 0.3 is 0 Å². The van der Waals surface area contributed by atoms with Gasteiger partial charge in [0.05, 0.1) is 12.7 Å². The summed E-state index contributed by atoms with van der Waals surface area (Å²) in [6.45, 7) is 0.907. The zero-order chi connectivity index (χ0) is 13.7. The van der Waals surface area contributed by atoms with E-state index >= 15 is 0 Å². The number of nitrogens with two attached hydrogens (primary N) is 1. The molecule has 0 fully saturated rings. The highest BCUT2D eigenvalue weighted by Crippen LogP contribution is 2.25. The lowest BCUT2D eigenvalue weighted by molar-refractivity contribution is 0.0457. The van der Waals surface area contributed by atoms with E-state index < -0.39 is 0 Å². The topological polar surface area (TPSA) is 35.2 Å². The minimum atomic E-state index is -0.187. The molecule has 1 unspecified atom stereocenters. The van der Waals surface area contributed by atoms with Gasteiger partial charge < -0.3 is 10.5 Å². The van der Waals surface area contributed by atoms with Crippen LogP contribution in [0.15, 0.2) is 53.0 Å². The lowest BCUT2D eigenvalue weighted by atomic mass is 10.1. The van der Waals surface area contributed by atoms with E-state index in [4.69, 9.17) is 22.1 Å². The quantitative estimate of drug-likeness (QED) is 0.880. The molecule has 1 atom stereocenters. The van der Waals surface area contributed by atoms with E-state index in [2.05, 4.69) is 15.9 Å². The van der Waals surface area contributed by atoms with Crippen LogP contribution >= 0.6 is 27.5 Å². The summed E-state index contributed by atoms with van der Waals surface area (Å²) in [7, 11) is 0. The lowest BCUT2D eigenvalue weighted by Gasteiger charge is -2.17. The number of rotatable bonds is 5. The van der Waals surface area contributed by atoms with Crippen LogP contribution in [0.1, 0.15) is 17.2 Å². The van der Waals surface area contributed by atoms with Crippen molar-refractivity contribution in [1.29, 1.82) is 0 Å². The lowest BCUT2D eigenvalue weighted by Crippen LogP contribution is -2.16. The Morgan fingerprint density at radius 2 is 1.95 bits per heavy atom. The molecular weight excluding hydrogens is 326 g/mol. The first-order chi connectivity index (χ1) is 9.20. The molecule has 19 heavy (non-hydrogen) atoms. The van der Waals surface area contributed by atoms with Crippen molar-refractivity contribution < 1.29 is 4.74 Å². The fourth-order valence-electron chi connectivity index (χ4n) is 1.84. The van der Waals surface area contributed by atoms with Gasteiger partial charge in [-0.2, -0.15) is 0 Å². The summed E-state index contributed by atoms with van der Waals surface area (Å²) in [6, 6.07) is 15.6. The first-order valence-electron chi connectivity index (χ1n) is 6.01. The minimum absolute atomic E-state index is 0.187. The standard InChI is InChI=1S/C15H15BrClNO/c16-12-5-3-4-11(8-12)10-19-15(9-18)13-6-1-2-7-14(13)17/h1-8,15H,9-10,18H2. The van der Waals surface area contributed by atoms with E-state index in [1.54, 1.807) is 0 Å². The third-order valence-corrected chi connectivity index (χ3v) is 3.64. The van der Waals surface area contributed by atoms with Crippen LogP contribution < -0.4 is 5.73 Å². The molecule has 0 saturated heterocycles. The van der Waals surface area contributed by atoms with Crippen LogP contribution in [-0.4, -0.2) is 6.54 Å². The first kappa shape index (κ1) is 14.5. The summed E-state index contributed by atoms with van der Waals surface area (Å²) in [5, 5.41) is 0.687. The van der Waals surface area contributed by atoms with Gasteiger partial charge in [-0.1, -0.05) is 57.9 Å². The Bertz CT molecular complexity index is 547. The number of benzene rings is 2. The molecular formula is C15H15BrClNO. The van der Waals surface area contributed by atoms with E-state index in [0.29, 0.717) is 18.2 Å². The van der Waals surface area contributed by atoms with Gasteiger partial charge in [-0.05, 0) is 23.8 Å². The third-order valence-electron chi connectivity index (χ3n) is 2.81. The fourth-order valence-corrected chi connectivity index (χ4v) is 2.55. The van der Waals surface area contributed by atoms with E-state index in [9.17, 15) is 0 Å². The van der Waals surface area contributed by atoms with Crippen molar-refractivity contribution in [2.24, 2.45) is 5.73 Å². The van der Waals surface area contributed by atoms with Crippen molar-refractivity contribution in [2.45, 2.75) is 12.7 Å². The SMILES string of the molecule is NCC(OCc1cccc(Br)c1)c1ccccc1Cl. The number of halogens is 2. The molecule has 0 radical (unpaired) electrons. The van der Waals surface area contributed by atoms with Gasteiger partial charge in [-0.3, -0.25) is 0 Å². The summed E-state index contributed by atoms with van der Waals surface area (Å²) < 4.78 is 6.91. The summed E-state index contributed by atoms with van der Waals surface area (Å²) in [4.78, 5) is 0. The fraction of sp³-hybridized carbons (Fsp3) is 0.200. The van der Waals surface area contributed by atoms with Gasteiger partial charge in [0.25, 0.3) is 0 Å². The van der Waals surface area contributed by atoms with Crippen molar-refractivity contribution in [3.05, 3.63) is 69.2 Å². The smallest absolute Gasteiger partial charge is 0.0965 e. The van der Waals surface area contributed by atoms with Crippen LogP contribution in [0.3, 0.4) is 0 Å². The van der Waals surface area contributed by atoms with Gasteiger partial charge in [0, 0.05) is 21.6 Å². The molecule has 0 saturated carbocycles. The predicted molar refractivity (Wildman–Crippen MR) is 82.2 cm³/mol. The van der Waals surface area contributed by atoms with Crippen molar-refractivity contribution >= 4 is 27.5 Å². The van der Waals surface area contributed by atoms with Crippen LogP contribution in [0.5, 0.6) is 0 Å². The molecule has 100 valence electrons. The molecule has 0 amide bonds. The van der Waals surface area contributed by atoms with Crippen LogP contribution in [0.4, 0.5) is 0 Å². The van der Waals surface area contributed by atoms with E-state index in [-0.39, 0.29) is 6.10 Å². The monoisotopic (exact) mass is 339 g/mol. The molecule has 2 nitrogen and oxygen atoms in total. The molecule has 2 aromatic rings. The Balaban J connectivity index is 2.06. The molecule has 2 aromatic carbocycles. The Morgan fingerprint density at radius 3 is 2.63 bits per heavy atom. The molecule has 0 bridgehead atoms. The maximum atomic E-state index is 6.16. The second-order valence-electron chi connectivity index (χ2n) is 4.19. The largest absolute Gasteiger partial charge is 0.367 e. The van der Waals surface area contributed by atoms with Crippen LogP contribution in [0.25, 0.3) is 0 Å².